The van der Waals surface area contributed by atoms with Crippen LogP contribution in [-0.4, -0.2) is 18.1 Å². The van der Waals surface area contributed by atoms with E-state index in [0.717, 1.165) is 17.7 Å². The highest BCUT2D eigenvalue weighted by molar-refractivity contribution is 5.12. The lowest BCUT2D eigenvalue weighted by atomic mass is 10.2. The minimum Gasteiger partial charge on any atom is -0.317 e. The van der Waals surface area contributed by atoms with Gasteiger partial charge in [0, 0.05) is 17.9 Å². The van der Waals surface area contributed by atoms with Gasteiger partial charge < -0.3 is 5.32 Å². The van der Waals surface area contributed by atoms with Crippen molar-refractivity contribution in [2.75, 3.05) is 7.05 Å². The zero-order chi connectivity index (χ0) is 15.4. The van der Waals surface area contributed by atoms with E-state index in [1.165, 1.54) is 37.7 Å². The van der Waals surface area contributed by atoms with Gasteiger partial charge in [0.15, 0.2) is 0 Å². The van der Waals surface area contributed by atoms with Crippen LogP contribution in [-0.2, 0) is 0 Å². The first-order valence-corrected chi connectivity index (χ1v) is 8.06. The Bertz CT molecular complexity index is 311. The van der Waals surface area contributed by atoms with Crippen molar-refractivity contribution in [2.45, 2.75) is 80.2 Å². The van der Waals surface area contributed by atoms with Crippen LogP contribution < -0.4 is 5.32 Å². The van der Waals surface area contributed by atoms with E-state index in [9.17, 15) is 0 Å². The predicted octanol–water partition coefficient (Wildman–Crippen LogP) is 5.54. The van der Waals surface area contributed by atoms with Crippen molar-refractivity contribution in [2.24, 2.45) is 5.92 Å². The van der Waals surface area contributed by atoms with Gasteiger partial charge >= 0.3 is 0 Å². The van der Waals surface area contributed by atoms with Crippen LogP contribution in [0.2, 0.25) is 0 Å². The number of nitrogens with one attached hydrogen (secondary N) is 1. The standard InChI is InChI=1S/C7H9N.C6H13N.C5H12.CH4/c1-6-3-4-8-7(2)5-6;1-7-6-4-2-3-5-6;1-4-5(2)3;/h3-5H,1-2H3;6-7H,2-5H2,1H3;5H,4H2,1-3H3;1H4. The van der Waals surface area contributed by atoms with Gasteiger partial charge in [-0.15, -0.1) is 0 Å². The number of nitrogens with zero attached hydrogens (tertiary/aromatic N) is 1. The van der Waals surface area contributed by atoms with Crippen molar-refractivity contribution >= 4 is 0 Å². The number of aryl methyl sites for hydroxylation is 2. The molecule has 1 heterocycles. The van der Waals surface area contributed by atoms with Crippen molar-refractivity contribution in [3.63, 3.8) is 0 Å². The van der Waals surface area contributed by atoms with Crippen molar-refractivity contribution < 1.29 is 0 Å². The maximum absolute atomic E-state index is 4.04. The third kappa shape index (κ3) is 13.8. The molecule has 1 aromatic rings. The van der Waals surface area contributed by atoms with Gasteiger partial charge in [0.05, 0.1) is 0 Å². The topological polar surface area (TPSA) is 24.9 Å². The highest BCUT2D eigenvalue weighted by Crippen LogP contribution is 2.16. The molecule has 0 unspecified atom stereocenters. The summed E-state index contributed by atoms with van der Waals surface area (Å²) in [5.41, 5.74) is 2.36. The van der Waals surface area contributed by atoms with Crippen LogP contribution in [0.25, 0.3) is 0 Å². The molecule has 2 nitrogen and oxygen atoms in total. The molecule has 2 heteroatoms. The Hall–Kier alpha value is -0.890. The third-order valence-corrected chi connectivity index (χ3v) is 3.63. The zero-order valence-electron chi connectivity index (χ0n) is 14.4. The smallest absolute Gasteiger partial charge is 0.0375 e. The van der Waals surface area contributed by atoms with Gasteiger partial charge in [0.25, 0.3) is 0 Å². The summed E-state index contributed by atoms with van der Waals surface area (Å²) in [6.45, 7) is 10.7. The molecule has 0 spiro atoms. The number of pyridine rings is 1. The minimum atomic E-state index is 0. The molecule has 1 fully saturated rings. The Labute approximate surface area is 133 Å². The molecular formula is C19H38N2. The minimum absolute atomic E-state index is 0. The zero-order valence-corrected chi connectivity index (χ0v) is 14.4. The van der Waals surface area contributed by atoms with Gasteiger partial charge in [-0.2, -0.15) is 0 Å². The van der Waals surface area contributed by atoms with Crippen LogP contribution in [0.5, 0.6) is 0 Å². The molecule has 0 amide bonds. The van der Waals surface area contributed by atoms with Crippen LogP contribution in [0.1, 0.15) is 71.6 Å². The second kappa shape index (κ2) is 14.1. The molecule has 2 rings (SSSR count). The Morgan fingerprint density at radius 3 is 2.00 bits per heavy atom. The lowest BCUT2D eigenvalue weighted by Gasteiger charge is -2.03. The maximum Gasteiger partial charge on any atom is 0.0375 e. The quantitative estimate of drug-likeness (QED) is 0.775. The van der Waals surface area contributed by atoms with Crippen molar-refractivity contribution in [1.29, 1.82) is 0 Å². The summed E-state index contributed by atoms with van der Waals surface area (Å²) in [7, 11) is 2.05. The lowest BCUT2D eigenvalue weighted by Crippen LogP contribution is -2.20. The number of hydrogen-bond acceptors (Lipinski definition) is 2. The average molecular weight is 295 g/mol. The van der Waals surface area contributed by atoms with Gasteiger partial charge in [-0.3, -0.25) is 4.98 Å². The third-order valence-electron chi connectivity index (χ3n) is 3.63. The lowest BCUT2D eigenvalue weighted by molar-refractivity contribution is 0.582. The fourth-order valence-electron chi connectivity index (χ4n) is 1.90. The Morgan fingerprint density at radius 1 is 1.24 bits per heavy atom. The molecule has 124 valence electrons. The second-order valence-corrected chi connectivity index (χ2v) is 6.05. The van der Waals surface area contributed by atoms with E-state index in [1.54, 1.807) is 0 Å². The number of aromatic nitrogens is 1. The fraction of sp³-hybridized carbons (Fsp3) is 0.737. The van der Waals surface area contributed by atoms with E-state index < -0.39 is 0 Å². The van der Waals surface area contributed by atoms with E-state index in [4.69, 9.17) is 0 Å². The summed E-state index contributed by atoms with van der Waals surface area (Å²) in [5, 5.41) is 3.26. The summed E-state index contributed by atoms with van der Waals surface area (Å²) in [5.74, 6) is 0.884. The summed E-state index contributed by atoms with van der Waals surface area (Å²) in [6, 6.07) is 4.90. The number of hydrogen-bond donors (Lipinski definition) is 1. The van der Waals surface area contributed by atoms with Gasteiger partial charge in [-0.25, -0.2) is 0 Å². The Morgan fingerprint density at radius 2 is 1.76 bits per heavy atom. The van der Waals surface area contributed by atoms with Crippen molar-refractivity contribution in [1.82, 2.24) is 10.3 Å². The molecule has 0 aliphatic heterocycles. The van der Waals surface area contributed by atoms with E-state index in [1.807, 2.05) is 19.2 Å². The molecule has 0 aromatic carbocycles. The van der Waals surface area contributed by atoms with E-state index in [-0.39, 0.29) is 7.43 Å². The Kier molecular flexibility index (Phi) is 15.0. The maximum atomic E-state index is 4.04. The van der Waals surface area contributed by atoms with Crippen LogP contribution in [0.15, 0.2) is 18.3 Å². The molecule has 0 atom stereocenters. The summed E-state index contributed by atoms with van der Waals surface area (Å²) in [6.07, 6.45) is 8.80. The molecule has 1 aromatic heterocycles. The first kappa shape index (κ1) is 22.4. The monoisotopic (exact) mass is 294 g/mol. The second-order valence-electron chi connectivity index (χ2n) is 6.05. The highest BCUT2D eigenvalue weighted by Gasteiger charge is 2.10. The molecule has 0 radical (unpaired) electrons. The van der Waals surface area contributed by atoms with Crippen LogP contribution >= 0.6 is 0 Å². The van der Waals surface area contributed by atoms with E-state index >= 15 is 0 Å². The summed E-state index contributed by atoms with van der Waals surface area (Å²) >= 11 is 0. The van der Waals surface area contributed by atoms with Crippen molar-refractivity contribution in [3.05, 3.63) is 29.6 Å². The normalized spacial score (nSPS) is 13.7. The largest absolute Gasteiger partial charge is 0.317 e. The summed E-state index contributed by atoms with van der Waals surface area (Å²) < 4.78 is 0. The van der Waals surface area contributed by atoms with Crippen LogP contribution in [0.4, 0.5) is 0 Å². The molecule has 0 saturated heterocycles. The molecule has 21 heavy (non-hydrogen) atoms. The molecule has 1 aliphatic rings. The van der Waals surface area contributed by atoms with E-state index in [2.05, 4.69) is 51.1 Å². The molecule has 1 aliphatic carbocycles. The molecule has 1 saturated carbocycles. The molecule has 0 bridgehead atoms. The first-order valence-electron chi connectivity index (χ1n) is 8.06. The SMILES string of the molecule is C.CCC(C)C.CNC1CCCC1.Cc1ccnc(C)c1. The summed E-state index contributed by atoms with van der Waals surface area (Å²) in [4.78, 5) is 4.04. The van der Waals surface area contributed by atoms with E-state index in [0.29, 0.717) is 0 Å². The van der Waals surface area contributed by atoms with Crippen LogP contribution in [0.3, 0.4) is 0 Å². The highest BCUT2D eigenvalue weighted by atomic mass is 14.9. The van der Waals surface area contributed by atoms with Gasteiger partial charge in [-0.1, -0.05) is 47.5 Å². The van der Waals surface area contributed by atoms with Crippen molar-refractivity contribution in [3.8, 4) is 0 Å². The predicted molar refractivity (Wildman–Crippen MR) is 96.9 cm³/mol. The van der Waals surface area contributed by atoms with Gasteiger partial charge in [0.1, 0.15) is 0 Å². The number of rotatable bonds is 2. The average Bonchev–Trinajstić information content (AvgIpc) is 2.93. The first-order chi connectivity index (χ1) is 9.49. The van der Waals surface area contributed by atoms with Gasteiger partial charge in [-0.05, 0) is 57.4 Å². The fourth-order valence-corrected chi connectivity index (χ4v) is 1.90. The Balaban J connectivity index is 0. The van der Waals surface area contributed by atoms with Gasteiger partial charge in [0.2, 0.25) is 0 Å². The van der Waals surface area contributed by atoms with Crippen LogP contribution in [0, 0.1) is 19.8 Å². The molecular weight excluding hydrogens is 256 g/mol. The molecule has 1 N–H and O–H groups in total.